The molecule has 3 aliphatic carbocycles. The number of fused-ring (bicyclic) bond motifs is 2. The maximum Gasteiger partial charge on any atom is 0.342 e. The molecule has 4 nitrogen and oxygen atoms in total. The van der Waals surface area contributed by atoms with Crippen LogP contribution in [-0.2, 0) is 11.2 Å². The lowest BCUT2D eigenvalue weighted by Gasteiger charge is -2.38. The van der Waals surface area contributed by atoms with E-state index in [-0.39, 0.29) is 45.8 Å². The van der Waals surface area contributed by atoms with Crippen molar-refractivity contribution in [2.24, 2.45) is 22.7 Å². The van der Waals surface area contributed by atoms with Crippen LogP contribution in [0.4, 0.5) is 0 Å². The average Bonchev–Trinajstić information content (AvgIpc) is 3.21. The molecule has 0 aliphatic heterocycles. The van der Waals surface area contributed by atoms with Crippen LogP contribution in [0.2, 0.25) is 0 Å². The second-order valence-electron chi connectivity index (χ2n) is 13.0. The number of aromatic hydroxyl groups is 2. The highest BCUT2D eigenvalue weighted by Gasteiger charge is 2.58. The highest BCUT2D eigenvalue weighted by atomic mass is 16.5. The fourth-order valence-electron chi connectivity index (χ4n) is 7.61. The van der Waals surface area contributed by atoms with E-state index >= 15 is 0 Å². The fraction of sp³-hybridized carbons (Fsp3) is 0.656. The smallest absolute Gasteiger partial charge is 0.342 e. The van der Waals surface area contributed by atoms with Gasteiger partial charge in [0.25, 0.3) is 0 Å². The highest BCUT2D eigenvalue weighted by Crippen LogP contribution is 2.63. The maximum absolute atomic E-state index is 13.8. The summed E-state index contributed by atoms with van der Waals surface area (Å²) in [5, 5.41) is 22.8. The van der Waals surface area contributed by atoms with E-state index in [1.165, 1.54) is 5.57 Å². The van der Waals surface area contributed by atoms with Crippen LogP contribution in [0.1, 0.15) is 120 Å². The summed E-state index contributed by atoms with van der Waals surface area (Å²) in [5.74, 6) is -0.0470. The molecule has 2 fully saturated rings. The van der Waals surface area contributed by atoms with Gasteiger partial charge in [-0.2, -0.15) is 0 Å². The minimum Gasteiger partial charge on any atom is -0.507 e. The molecule has 36 heavy (non-hydrogen) atoms. The zero-order chi connectivity index (χ0) is 26.4. The molecule has 0 radical (unpaired) electrons. The molecule has 4 unspecified atom stereocenters. The molecule has 4 rings (SSSR count). The van der Waals surface area contributed by atoms with Gasteiger partial charge in [-0.25, -0.2) is 4.79 Å². The van der Waals surface area contributed by atoms with Gasteiger partial charge in [0.05, 0.1) is 0 Å². The molecule has 5 atom stereocenters. The number of phenolic OH excluding ortho intramolecular Hbond substituents is 2. The minimum absolute atomic E-state index is 0.0180. The lowest BCUT2D eigenvalue weighted by molar-refractivity contribution is -0.0224. The van der Waals surface area contributed by atoms with Crippen molar-refractivity contribution < 1.29 is 19.7 Å². The predicted octanol–water partition coefficient (Wildman–Crippen LogP) is 8.22. The monoisotopic (exact) mass is 494 g/mol. The molecule has 1 aromatic rings. The Hall–Kier alpha value is -2.23. The topological polar surface area (TPSA) is 66.8 Å². The number of hydrogen-bond acceptors (Lipinski definition) is 4. The van der Waals surface area contributed by atoms with Gasteiger partial charge in [-0.15, -0.1) is 0 Å². The van der Waals surface area contributed by atoms with Crippen molar-refractivity contribution >= 4 is 5.97 Å². The molecule has 4 heteroatoms. The molecule has 2 N–H and O–H groups in total. The second kappa shape index (κ2) is 9.91. The number of allylic oxidation sites excluding steroid dienone is 3. The first kappa shape index (κ1) is 26.8. The number of hydrogen-bond donors (Lipinski definition) is 2. The van der Waals surface area contributed by atoms with Crippen LogP contribution >= 0.6 is 0 Å². The van der Waals surface area contributed by atoms with Gasteiger partial charge in [-0.05, 0) is 87.7 Å². The summed E-state index contributed by atoms with van der Waals surface area (Å²) in [6.45, 7) is 17.3. The molecule has 2 bridgehead atoms. The van der Waals surface area contributed by atoms with Crippen molar-refractivity contribution in [3.05, 3.63) is 46.6 Å². The van der Waals surface area contributed by atoms with Gasteiger partial charge in [-0.3, -0.25) is 0 Å². The standard InChI is InChI=1S/C32H46O4/c1-8-9-10-11-21-15-25(33)28(24-14-20(4)12-13-23(24)19(2)3)29(34)27(21)30(35)36-26-16-22-17-32(26,7)18-31(22,5)6/h14-15,22-24,26,33-34H,2,8-13,16-18H2,1,3-7H3/t22?,23?,24-,26?,32?/m1/s1. The predicted molar refractivity (Wildman–Crippen MR) is 145 cm³/mol. The number of rotatable bonds is 8. The van der Waals surface area contributed by atoms with E-state index in [2.05, 4.69) is 47.3 Å². The summed E-state index contributed by atoms with van der Waals surface area (Å²) < 4.78 is 6.22. The number of benzene rings is 1. The molecule has 1 aromatic carbocycles. The number of aryl methyl sites for hydroxylation is 1. The second-order valence-corrected chi connectivity index (χ2v) is 13.0. The SMILES string of the molecule is C=C(C)C1CCC(C)=C[C@H]1c1c(O)cc(CCCCC)c(C(=O)OC2CC3CC2(C)CC3(C)C)c1O. The van der Waals surface area contributed by atoms with Crippen LogP contribution < -0.4 is 0 Å². The van der Waals surface area contributed by atoms with Gasteiger partial charge >= 0.3 is 5.97 Å². The zero-order valence-electron chi connectivity index (χ0n) is 23.2. The molecule has 0 heterocycles. The summed E-state index contributed by atoms with van der Waals surface area (Å²) in [5.41, 5.74) is 3.88. The summed E-state index contributed by atoms with van der Waals surface area (Å²) >= 11 is 0. The minimum atomic E-state index is -0.444. The average molecular weight is 495 g/mol. The van der Waals surface area contributed by atoms with Gasteiger partial charge in [0.1, 0.15) is 23.2 Å². The van der Waals surface area contributed by atoms with E-state index in [1.807, 2.05) is 6.92 Å². The highest BCUT2D eigenvalue weighted by molar-refractivity contribution is 5.95. The third kappa shape index (κ3) is 4.85. The Labute approximate surface area is 217 Å². The quantitative estimate of drug-likeness (QED) is 0.217. The van der Waals surface area contributed by atoms with Crippen molar-refractivity contribution in [2.75, 3.05) is 0 Å². The Balaban J connectivity index is 1.73. The number of carbonyl (C=O) groups excluding carboxylic acids is 1. The Morgan fingerprint density at radius 3 is 2.53 bits per heavy atom. The molecule has 0 spiro atoms. The van der Waals surface area contributed by atoms with Crippen molar-refractivity contribution in [1.29, 1.82) is 0 Å². The number of ether oxygens (including phenoxy) is 1. The third-order valence-electron chi connectivity index (χ3n) is 9.57. The van der Waals surface area contributed by atoms with Crippen LogP contribution in [0.3, 0.4) is 0 Å². The van der Waals surface area contributed by atoms with E-state index in [1.54, 1.807) is 6.07 Å². The van der Waals surface area contributed by atoms with E-state index in [4.69, 9.17) is 4.74 Å². The molecular formula is C32H46O4. The molecule has 2 saturated carbocycles. The number of phenols is 2. The Bertz CT molecular complexity index is 1060. The summed E-state index contributed by atoms with van der Waals surface area (Å²) in [4.78, 5) is 13.8. The zero-order valence-corrected chi connectivity index (χ0v) is 23.2. The van der Waals surface area contributed by atoms with Gasteiger partial charge in [0.15, 0.2) is 0 Å². The molecule has 0 aromatic heterocycles. The summed E-state index contributed by atoms with van der Waals surface area (Å²) in [6.07, 6.45) is 10.5. The molecule has 3 aliphatic rings. The summed E-state index contributed by atoms with van der Waals surface area (Å²) in [6, 6.07) is 1.71. The van der Waals surface area contributed by atoms with Gasteiger partial charge < -0.3 is 14.9 Å². The normalized spacial score (nSPS) is 30.8. The first-order chi connectivity index (χ1) is 16.9. The van der Waals surface area contributed by atoms with E-state index in [0.717, 1.165) is 56.9 Å². The third-order valence-corrected chi connectivity index (χ3v) is 9.57. The maximum atomic E-state index is 13.8. The Kier molecular flexibility index (Phi) is 7.38. The molecule has 198 valence electrons. The first-order valence-electron chi connectivity index (χ1n) is 14.0. The lowest BCUT2D eigenvalue weighted by atomic mass is 9.71. The van der Waals surface area contributed by atoms with Crippen LogP contribution in [0.5, 0.6) is 11.5 Å². The lowest BCUT2D eigenvalue weighted by Crippen LogP contribution is -2.37. The number of carbonyl (C=O) groups is 1. The largest absolute Gasteiger partial charge is 0.507 e. The van der Waals surface area contributed by atoms with E-state index in [9.17, 15) is 15.0 Å². The van der Waals surface area contributed by atoms with Crippen molar-refractivity contribution in [1.82, 2.24) is 0 Å². The molecular weight excluding hydrogens is 448 g/mol. The summed E-state index contributed by atoms with van der Waals surface area (Å²) in [7, 11) is 0. The number of unbranched alkanes of at least 4 members (excludes halogenated alkanes) is 2. The Morgan fingerprint density at radius 1 is 1.22 bits per heavy atom. The fourth-order valence-corrected chi connectivity index (χ4v) is 7.61. The first-order valence-corrected chi connectivity index (χ1v) is 14.0. The molecule has 0 amide bonds. The van der Waals surface area contributed by atoms with E-state index < -0.39 is 5.97 Å². The molecule has 0 saturated heterocycles. The van der Waals surface area contributed by atoms with Crippen LogP contribution in [0.15, 0.2) is 29.9 Å². The van der Waals surface area contributed by atoms with Crippen LogP contribution in [0.25, 0.3) is 0 Å². The van der Waals surface area contributed by atoms with Gasteiger partial charge in [-0.1, -0.05) is 64.3 Å². The Morgan fingerprint density at radius 2 is 1.94 bits per heavy atom. The van der Waals surface area contributed by atoms with Gasteiger partial charge in [0, 0.05) is 16.9 Å². The number of esters is 1. The van der Waals surface area contributed by atoms with Crippen molar-refractivity contribution in [3.8, 4) is 11.5 Å². The van der Waals surface area contributed by atoms with Crippen LogP contribution in [0, 0.1) is 22.7 Å². The van der Waals surface area contributed by atoms with Crippen molar-refractivity contribution in [2.45, 2.75) is 111 Å². The van der Waals surface area contributed by atoms with Crippen LogP contribution in [-0.4, -0.2) is 22.3 Å². The van der Waals surface area contributed by atoms with Gasteiger partial charge in [0.2, 0.25) is 0 Å². The van der Waals surface area contributed by atoms with Crippen molar-refractivity contribution in [3.63, 3.8) is 0 Å². The van der Waals surface area contributed by atoms with E-state index in [0.29, 0.717) is 23.5 Å².